The maximum atomic E-state index is 14.6. The molecular formula is C20H24F2N4O3. The van der Waals surface area contributed by atoms with Gasteiger partial charge in [-0.3, -0.25) is 0 Å². The van der Waals surface area contributed by atoms with Crippen LogP contribution in [0.5, 0.6) is 0 Å². The van der Waals surface area contributed by atoms with Crippen molar-refractivity contribution in [2.75, 3.05) is 13.7 Å². The van der Waals surface area contributed by atoms with Crippen LogP contribution in [0.15, 0.2) is 24.5 Å². The van der Waals surface area contributed by atoms with Crippen molar-refractivity contribution in [2.45, 2.75) is 38.8 Å². The Balaban J connectivity index is 1.97. The molecule has 2 aromatic rings. The van der Waals surface area contributed by atoms with Gasteiger partial charge in [0, 0.05) is 24.2 Å². The average molecular weight is 406 g/mol. The van der Waals surface area contributed by atoms with Crippen LogP contribution in [0.25, 0.3) is 0 Å². The van der Waals surface area contributed by atoms with Crippen molar-refractivity contribution in [3.05, 3.63) is 53.1 Å². The number of carbonyl (C=O) groups is 2. The number of aromatic amines is 1. The average Bonchev–Trinajstić information content (AvgIpc) is 3.20. The number of carbonyl (C=O) groups excluding carboxylic acids is 2. The van der Waals surface area contributed by atoms with Crippen LogP contribution in [0.2, 0.25) is 0 Å². The van der Waals surface area contributed by atoms with Crippen molar-refractivity contribution in [1.29, 1.82) is 0 Å². The van der Waals surface area contributed by atoms with Gasteiger partial charge in [0.1, 0.15) is 23.7 Å². The van der Waals surface area contributed by atoms with E-state index in [2.05, 4.69) is 15.3 Å². The highest BCUT2D eigenvalue weighted by Gasteiger charge is 2.38. The summed E-state index contributed by atoms with van der Waals surface area (Å²) >= 11 is 0. The normalized spacial score (nSPS) is 18.0. The molecule has 3 atom stereocenters. The van der Waals surface area contributed by atoms with E-state index in [0.717, 1.165) is 23.9 Å². The van der Waals surface area contributed by atoms with E-state index in [4.69, 9.17) is 4.74 Å². The third-order valence-electron chi connectivity index (χ3n) is 5.39. The van der Waals surface area contributed by atoms with Crippen LogP contribution in [0, 0.1) is 17.6 Å². The van der Waals surface area contributed by atoms with Gasteiger partial charge in [0.25, 0.3) is 0 Å². The largest absolute Gasteiger partial charge is 0.467 e. The summed E-state index contributed by atoms with van der Waals surface area (Å²) in [6.07, 6.45) is 2.58. The summed E-state index contributed by atoms with van der Waals surface area (Å²) in [5, 5.41) is 2.70. The van der Waals surface area contributed by atoms with E-state index in [0.29, 0.717) is 18.5 Å². The fraction of sp³-hybridized carbons (Fsp3) is 0.450. The molecule has 0 saturated heterocycles. The van der Waals surface area contributed by atoms with E-state index in [1.165, 1.54) is 18.3 Å². The molecule has 1 aliphatic heterocycles. The van der Waals surface area contributed by atoms with Crippen LogP contribution < -0.4 is 5.32 Å². The summed E-state index contributed by atoms with van der Waals surface area (Å²) in [4.78, 5) is 33.9. The fourth-order valence-electron chi connectivity index (χ4n) is 3.55. The van der Waals surface area contributed by atoms with Gasteiger partial charge in [0.2, 0.25) is 0 Å². The molecule has 0 aliphatic carbocycles. The number of urea groups is 1. The molecule has 2 heterocycles. The molecule has 0 saturated carbocycles. The van der Waals surface area contributed by atoms with Gasteiger partial charge in [-0.25, -0.2) is 23.4 Å². The smallest absolute Gasteiger partial charge is 0.328 e. The molecule has 2 amide bonds. The standard InChI is InChI=1S/C20H24F2N4O3/c1-4-11(2)16(19(27)29-3)25-20(28)26-8-7-15-17(24-10-23-15)18(26)13-9-12(21)5-6-14(13)22/h5-6,9-11,16,18H,4,7-8H2,1-3H3,(H,23,24)(H,25,28)/t11-,16+,18-/m1/s1. The summed E-state index contributed by atoms with van der Waals surface area (Å²) in [5.41, 5.74) is 1.22. The van der Waals surface area contributed by atoms with Gasteiger partial charge in [-0.2, -0.15) is 0 Å². The molecule has 0 spiro atoms. The van der Waals surface area contributed by atoms with E-state index < -0.39 is 35.7 Å². The van der Waals surface area contributed by atoms with E-state index in [1.807, 2.05) is 13.8 Å². The molecule has 29 heavy (non-hydrogen) atoms. The number of hydrogen-bond acceptors (Lipinski definition) is 4. The van der Waals surface area contributed by atoms with Crippen molar-refractivity contribution < 1.29 is 23.1 Å². The summed E-state index contributed by atoms with van der Waals surface area (Å²) < 4.78 is 33.3. The van der Waals surface area contributed by atoms with Crippen LogP contribution in [0.4, 0.5) is 13.6 Å². The maximum Gasteiger partial charge on any atom is 0.328 e. The number of esters is 1. The molecule has 1 aromatic heterocycles. The lowest BCUT2D eigenvalue weighted by molar-refractivity contribution is -0.144. The fourth-order valence-corrected chi connectivity index (χ4v) is 3.55. The van der Waals surface area contributed by atoms with E-state index in [9.17, 15) is 18.4 Å². The van der Waals surface area contributed by atoms with E-state index in [-0.39, 0.29) is 18.0 Å². The van der Waals surface area contributed by atoms with Crippen molar-refractivity contribution >= 4 is 12.0 Å². The van der Waals surface area contributed by atoms with Crippen LogP contribution in [-0.2, 0) is 16.0 Å². The Hall–Kier alpha value is -2.97. The Kier molecular flexibility index (Phi) is 6.14. The zero-order valence-electron chi connectivity index (χ0n) is 16.5. The first-order valence-electron chi connectivity index (χ1n) is 9.49. The molecule has 1 aromatic carbocycles. The SMILES string of the molecule is CC[C@@H](C)[C@H](NC(=O)N1CCc2[nH]cnc2[C@H]1c1cc(F)ccc1F)C(=O)OC. The molecular weight excluding hydrogens is 382 g/mol. The zero-order chi connectivity index (χ0) is 21.1. The quantitative estimate of drug-likeness (QED) is 0.748. The highest BCUT2D eigenvalue weighted by atomic mass is 19.1. The summed E-state index contributed by atoms with van der Waals surface area (Å²) in [6.45, 7) is 3.97. The van der Waals surface area contributed by atoms with Gasteiger partial charge in [-0.1, -0.05) is 20.3 Å². The predicted octanol–water partition coefficient (Wildman–Crippen LogP) is 2.93. The van der Waals surface area contributed by atoms with Crippen LogP contribution in [-0.4, -0.2) is 46.6 Å². The lowest BCUT2D eigenvalue weighted by atomic mass is 9.95. The molecule has 1 aliphatic rings. The lowest BCUT2D eigenvalue weighted by Crippen LogP contribution is -2.53. The third-order valence-corrected chi connectivity index (χ3v) is 5.39. The third kappa shape index (κ3) is 4.08. The first kappa shape index (κ1) is 20.8. The summed E-state index contributed by atoms with van der Waals surface area (Å²) in [5.74, 6) is -1.98. The number of rotatable bonds is 5. The number of H-pyrrole nitrogens is 1. The van der Waals surface area contributed by atoms with Crippen molar-refractivity contribution in [3.8, 4) is 0 Å². The Labute approximate surface area is 167 Å². The highest BCUT2D eigenvalue weighted by Crippen LogP contribution is 2.35. The molecule has 0 bridgehead atoms. The Bertz CT molecular complexity index is 902. The monoisotopic (exact) mass is 406 g/mol. The predicted molar refractivity (Wildman–Crippen MR) is 101 cm³/mol. The number of ether oxygens (including phenoxy) is 1. The van der Waals surface area contributed by atoms with Crippen LogP contribution in [0.1, 0.15) is 43.3 Å². The summed E-state index contributed by atoms with van der Waals surface area (Å²) in [6, 6.07) is 0.776. The summed E-state index contributed by atoms with van der Waals surface area (Å²) in [7, 11) is 1.26. The van der Waals surface area contributed by atoms with Gasteiger partial charge in [-0.15, -0.1) is 0 Å². The molecule has 0 radical (unpaired) electrons. The number of benzene rings is 1. The Morgan fingerprint density at radius 1 is 1.41 bits per heavy atom. The molecule has 7 nitrogen and oxygen atoms in total. The van der Waals surface area contributed by atoms with Gasteiger partial charge in [0.05, 0.1) is 19.1 Å². The topological polar surface area (TPSA) is 87.3 Å². The first-order chi connectivity index (χ1) is 13.9. The number of hydrogen-bond donors (Lipinski definition) is 2. The van der Waals surface area contributed by atoms with Crippen molar-refractivity contribution in [2.24, 2.45) is 5.92 Å². The Morgan fingerprint density at radius 3 is 2.86 bits per heavy atom. The van der Waals surface area contributed by atoms with Crippen LogP contribution >= 0.6 is 0 Å². The van der Waals surface area contributed by atoms with Gasteiger partial charge in [0.15, 0.2) is 0 Å². The zero-order valence-corrected chi connectivity index (χ0v) is 16.5. The van der Waals surface area contributed by atoms with Crippen LogP contribution in [0.3, 0.4) is 0 Å². The van der Waals surface area contributed by atoms with Gasteiger partial charge >= 0.3 is 12.0 Å². The number of amides is 2. The molecule has 0 unspecified atom stereocenters. The minimum atomic E-state index is -0.920. The second-order valence-electron chi connectivity index (χ2n) is 7.11. The molecule has 3 rings (SSSR count). The van der Waals surface area contributed by atoms with Crippen molar-refractivity contribution in [1.82, 2.24) is 20.2 Å². The molecule has 156 valence electrons. The number of fused-ring (bicyclic) bond motifs is 1. The Morgan fingerprint density at radius 2 is 2.17 bits per heavy atom. The van der Waals surface area contributed by atoms with Gasteiger partial charge < -0.3 is 19.9 Å². The number of nitrogens with zero attached hydrogens (tertiary/aromatic N) is 2. The first-order valence-corrected chi connectivity index (χ1v) is 9.49. The molecule has 0 fully saturated rings. The minimum absolute atomic E-state index is 0.00589. The van der Waals surface area contributed by atoms with E-state index >= 15 is 0 Å². The minimum Gasteiger partial charge on any atom is -0.467 e. The molecule has 2 N–H and O–H groups in total. The second kappa shape index (κ2) is 8.59. The molecule has 9 heteroatoms. The maximum absolute atomic E-state index is 14.6. The number of aromatic nitrogens is 2. The van der Waals surface area contributed by atoms with Crippen molar-refractivity contribution in [3.63, 3.8) is 0 Å². The number of nitrogens with one attached hydrogen (secondary N) is 2. The highest BCUT2D eigenvalue weighted by molar-refractivity contribution is 5.84. The lowest BCUT2D eigenvalue weighted by Gasteiger charge is -2.36. The van der Waals surface area contributed by atoms with Gasteiger partial charge in [-0.05, 0) is 24.1 Å². The number of halogens is 2. The van der Waals surface area contributed by atoms with E-state index in [1.54, 1.807) is 0 Å². The number of imidazole rings is 1. The number of methoxy groups -OCH3 is 1. The second-order valence-corrected chi connectivity index (χ2v) is 7.11.